The van der Waals surface area contributed by atoms with Gasteiger partial charge in [0.2, 0.25) is 0 Å². The fraction of sp³-hybridized carbons (Fsp3) is 0.308. The van der Waals surface area contributed by atoms with E-state index in [1.807, 2.05) is 19.1 Å². The summed E-state index contributed by atoms with van der Waals surface area (Å²) in [5.41, 5.74) is 0.367. The second-order valence-corrected chi connectivity index (χ2v) is 7.49. The van der Waals surface area contributed by atoms with Crippen LogP contribution in [0.25, 0.3) is 9.88 Å². The predicted octanol–water partition coefficient (Wildman–Crippen LogP) is 3.57. The van der Waals surface area contributed by atoms with E-state index in [0.29, 0.717) is 12.2 Å². The lowest BCUT2D eigenvalue weighted by Crippen LogP contribution is -2.33. The van der Waals surface area contributed by atoms with Crippen LogP contribution in [0.3, 0.4) is 0 Å². The highest BCUT2D eigenvalue weighted by Gasteiger charge is 2.19. The van der Waals surface area contributed by atoms with E-state index in [4.69, 9.17) is 5.11 Å². The van der Waals surface area contributed by atoms with Crippen molar-refractivity contribution in [2.24, 2.45) is 0 Å². The van der Waals surface area contributed by atoms with Gasteiger partial charge in [0.25, 0.3) is 5.91 Å². The van der Waals surface area contributed by atoms with E-state index in [2.05, 4.69) is 20.9 Å². The Labute approximate surface area is 138 Å². The van der Waals surface area contributed by atoms with E-state index in [9.17, 15) is 9.59 Å². The van der Waals surface area contributed by atoms with Crippen molar-refractivity contribution in [3.8, 4) is 9.88 Å². The van der Waals surface area contributed by atoms with Crippen LogP contribution in [0.2, 0.25) is 0 Å². The molecule has 0 unspecified atom stereocenters. The molecule has 0 aliphatic carbocycles. The summed E-state index contributed by atoms with van der Waals surface area (Å²) in [6.45, 7) is 2.48. The molecule has 0 saturated carbocycles. The fourth-order valence-electron chi connectivity index (χ4n) is 1.71. The number of carboxylic acids is 1. The molecular weight excluding hydrogens is 376 g/mol. The van der Waals surface area contributed by atoms with Gasteiger partial charge in [0.05, 0.1) is 15.1 Å². The average molecular weight is 389 g/mol. The Balaban J connectivity index is 2.12. The van der Waals surface area contributed by atoms with Gasteiger partial charge in [-0.2, -0.15) is 0 Å². The Bertz CT molecular complexity index is 653. The maximum absolute atomic E-state index is 12.3. The molecule has 21 heavy (non-hydrogen) atoms. The minimum absolute atomic E-state index is 0.0611. The summed E-state index contributed by atoms with van der Waals surface area (Å²) in [5.74, 6) is -1.14. The largest absolute Gasteiger partial charge is 0.481 e. The van der Waals surface area contributed by atoms with Crippen LogP contribution in [0.1, 0.15) is 23.8 Å². The van der Waals surface area contributed by atoms with Crippen LogP contribution in [0.5, 0.6) is 0 Å². The van der Waals surface area contributed by atoms with Crippen LogP contribution in [-0.2, 0) is 4.79 Å². The van der Waals surface area contributed by atoms with E-state index in [0.717, 1.165) is 13.7 Å². The monoisotopic (exact) mass is 388 g/mol. The van der Waals surface area contributed by atoms with Crippen molar-refractivity contribution >= 4 is 50.5 Å². The van der Waals surface area contributed by atoms with Crippen molar-refractivity contribution in [2.45, 2.75) is 13.3 Å². The van der Waals surface area contributed by atoms with E-state index < -0.39 is 5.97 Å². The van der Waals surface area contributed by atoms with Crippen LogP contribution in [0, 0.1) is 0 Å². The first-order chi connectivity index (χ1) is 10.0. The Kier molecular flexibility index (Phi) is 5.49. The quantitative estimate of drug-likeness (QED) is 0.820. The molecule has 0 aromatic carbocycles. The molecule has 0 radical (unpaired) electrons. The van der Waals surface area contributed by atoms with Gasteiger partial charge < -0.3 is 10.0 Å². The van der Waals surface area contributed by atoms with Crippen LogP contribution >= 0.6 is 38.6 Å². The molecule has 2 heterocycles. The van der Waals surface area contributed by atoms with Crippen molar-refractivity contribution in [1.82, 2.24) is 9.88 Å². The number of nitrogens with zero attached hydrogens (tertiary/aromatic N) is 2. The first kappa shape index (κ1) is 16.1. The summed E-state index contributed by atoms with van der Waals surface area (Å²) in [5, 5.41) is 11.2. The standard InChI is InChI=1S/C13H13BrN2O3S2/c1-2-16(6-5-11(17)18)13(19)8-7-20-12(15-8)9-3-4-10(14)21-9/h3-4,7H,2,5-6H2,1H3,(H,17,18). The molecule has 2 aromatic rings. The molecule has 8 heteroatoms. The second kappa shape index (κ2) is 7.15. The Morgan fingerprint density at radius 2 is 2.19 bits per heavy atom. The summed E-state index contributed by atoms with van der Waals surface area (Å²) in [4.78, 5) is 29.8. The minimum atomic E-state index is -0.913. The molecule has 0 atom stereocenters. The molecule has 2 aromatic heterocycles. The van der Waals surface area contributed by atoms with Crippen LogP contribution in [0.4, 0.5) is 0 Å². The Morgan fingerprint density at radius 3 is 2.76 bits per heavy atom. The van der Waals surface area contributed by atoms with Gasteiger partial charge in [-0.25, -0.2) is 4.98 Å². The molecule has 0 spiro atoms. The van der Waals surface area contributed by atoms with Crippen LogP contribution in [0.15, 0.2) is 21.3 Å². The molecule has 5 nitrogen and oxygen atoms in total. The third-order valence-corrected chi connectivity index (χ3v) is 5.41. The molecule has 0 fully saturated rings. The summed E-state index contributed by atoms with van der Waals surface area (Å²) in [6, 6.07) is 3.89. The summed E-state index contributed by atoms with van der Waals surface area (Å²) in [7, 11) is 0. The van der Waals surface area contributed by atoms with Crippen molar-refractivity contribution in [2.75, 3.05) is 13.1 Å². The van der Waals surface area contributed by atoms with E-state index in [1.165, 1.54) is 16.2 Å². The third kappa shape index (κ3) is 4.12. The second-order valence-electron chi connectivity index (χ2n) is 4.17. The number of carbonyl (C=O) groups excluding carboxylic acids is 1. The third-order valence-electron chi connectivity index (χ3n) is 2.77. The Morgan fingerprint density at radius 1 is 1.43 bits per heavy atom. The lowest BCUT2D eigenvalue weighted by Gasteiger charge is -2.18. The van der Waals surface area contributed by atoms with Crippen LogP contribution < -0.4 is 0 Å². The first-order valence-corrected chi connectivity index (χ1v) is 8.72. The number of rotatable bonds is 6. The average Bonchev–Trinajstić information content (AvgIpc) is 3.07. The molecule has 1 amide bonds. The highest BCUT2D eigenvalue weighted by atomic mass is 79.9. The zero-order valence-electron chi connectivity index (χ0n) is 11.2. The minimum Gasteiger partial charge on any atom is -0.481 e. The predicted molar refractivity (Wildman–Crippen MR) is 87.0 cm³/mol. The number of thiophene rings is 1. The van der Waals surface area contributed by atoms with Gasteiger partial charge in [0.1, 0.15) is 10.7 Å². The van der Waals surface area contributed by atoms with E-state index in [-0.39, 0.29) is 18.9 Å². The molecular formula is C13H13BrN2O3S2. The number of thiazole rings is 1. The maximum atomic E-state index is 12.3. The van der Waals surface area contributed by atoms with Crippen molar-refractivity contribution in [3.63, 3.8) is 0 Å². The van der Waals surface area contributed by atoms with Gasteiger partial charge >= 0.3 is 5.97 Å². The number of aromatic nitrogens is 1. The summed E-state index contributed by atoms with van der Waals surface area (Å²) in [6.07, 6.45) is -0.0611. The normalized spacial score (nSPS) is 10.6. The van der Waals surface area contributed by atoms with E-state index in [1.54, 1.807) is 16.7 Å². The van der Waals surface area contributed by atoms with E-state index >= 15 is 0 Å². The van der Waals surface area contributed by atoms with Crippen LogP contribution in [-0.4, -0.2) is 40.0 Å². The molecule has 1 N–H and O–H groups in total. The SMILES string of the molecule is CCN(CCC(=O)O)C(=O)c1csc(-c2ccc(Br)s2)n1. The molecule has 0 bridgehead atoms. The van der Waals surface area contributed by atoms with Crippen molar-refractivity contribution in [3.05, 3.63) is 27.0 Å². The number of halogens is 1. The highest BCUT2D eigenvalue weighted by molar-refractivity contribution is 9.11. The molecule has 0 aliphatic heterocycles. The topological polar surface area (TPSA) is 70.5 Å². The van der Waals surface area contributed by atoms with Gasteiger partial charge in [-0.05, 0) is 35.0 Å². The van der Waals surface area contributed by atoms with Gasteiger partial charge in [0, 0.05) is 18.5 Å². The number of aliphatic carboxylic acids is 1. The first-order valence-electron chi connectivity index (χ1n) is 6.23. The molecule has 0 aliphatic rings. The van der Waals surface area contributed by atoms with Gasteiger partial charge in [0.15, 0.2) is 0 Å². The number of hydrogen-bond acceptors (Lipinski definition) is 5. The van der Waals surface area contributed by atoms with Gasteiger partial charge in [-0.1, -0.05) is 0 Å². The van der Waals surface area contributed by atoms with Gasteiger partial charge in [-0.3, -0.25) is 9.59 Å². The lowest BCUT2D eigenvalue weighted by atomic mass is 10.3. The van der Waals surface area contributed by atoms with Gasteiger partial charge in [-0.15, -0.1) is 22.7 Å². The number of hydrogen-bond donors (Lipinski definition) is 1. The zero-order valence-corrected chi connectivity index (χ0v) is 14.4. The number of carboxylic acid groups (broad SMARTS) is 1. The number of amides is 1. The van der Waals surface area contributed by atoms with Crippen molar-refractivity contribution in [1.29, 1.82) is 0 Å². The zero-order chi connectivity index (χ0) is 15.4. The van der Waals surface area contributed by atoms with Crippen molar-refractivity contribution < 1.29 is 14.7 Å². The fourth-order valence-corrected chi connectivity index (χ4v) is 3.96. The molecule has 112 valence electrons. The number of carbonyl (C=O) groups is 2. The highest BCUT2D eigenvalue weighted by Crippen LogP contribution is 2.33. The lowest BCUT2D eigenvalue weighted by molar-refractivity contribution is -0.137. The Hall–Kier alpha value is -1.25. The molecule has 0 saturated heterocycles. The maximum Gasteiger partial charge on any atom is 0.305 e. The molecule has 2 rings (SSSR count). The summed E-state index contributed by atoms with van der Waals surface area (Å²) >= 11 is 6.37. The smallest absolute Gasteiger partial charge is 0.305 e. The summed E-state index contributed by atoms with van der Waals surface area (Å²) < 4.78 is 1.01.